The third kappa shape index (κ3) is 6.52. The lowest BCUT2D eigenvalue weighted by Crippen LogP contribution is -2.31. The van der Waals surface area contributed by atoms with E-state index in [4.69, 9.17) is 4.74 Å². The van der Waals surface area contributed by atoms with Gasteiger partial charge in [0, 0.05) is 17.3 Å². The number of halogens is 3. The van der Waals surface area contributed by atoms with Crippen molar-refractivity contribution < 1.29 is 37.2 Å². The van der Waals surface area contributed by atoms with E-state index in [1.165, 1.54) is 26.0 Å². The van der Waals surface area contributed by atoms with Crippen molar-refractivity contribution in [3.63, 3.8) is 0 Å². The van der Waals surface area contributed by atoms with Gasteiger partial charge in [-0.1, -0.05) is 12.1 Å². The van der Waals surface area contributed by atoms with E-state index >= 15 is 0 Å². The third-order valence-corrected chi connectivity index (χ3v) is 4.15. The summed E-state index contributed by atoms with van der Waals surface area (Å²) in [5, 5.41) is 16.0. The summed E-state index contributed by atoms with van der Waals surface area (Å²) >= 11 is 0. The number of nitro groups is 1. The van der Waals surface area contributed by atoms with Crippen molar-refractivity contribution in [3.05, 3.63) is 63.7 Å². The van der Waals surface area contributed by atoms with E-state index in [1.54, 1.807) is 12.1 Å². The van der Waals surface area contributed by atoms with Crippen molar-refractivity contribution in [2.24, 2.45) is 0 Å². The molecule has 9 nitrogen and oxygen atoms in total. The third-order valence-electron chi connectivity index (χ3n) is 4.15. The molecule has 1 unspecified atom stereocenters. The van der Waals surface area contributed by atoms with Crippen LogP contribution in [0.15, 0.2) is 42.5 Å². The van der Waals surface area contributed by atoms with Crippen LogP contribution < -0.4 is 10.6 Å². The maximum Gasteiger partial charge on any atom is 0.416 e. The number of alkyl halides is 3. The lowest BCUT2D eigenvalue weighted by Gasteiger charge is -2.15. The average Bonchev–Trinajstić information content (AvgIpc) is 2.71. The number of nitrogens with zero attached hydrogens (tertiary/aromatic N) is 1. The lowest BCUT2D eigenvalue weighted by atomic mass is 10.1. The Bertz CT molecular complexity index is 1060. The summed E-state index contributed by atoms with van der Waals surface area (Å²) in [4.78, 5) is 45.5. The van der Waals surface area contributed by atoms with Crippen molar-refractivity contribution in [2.75, 3.05) is 17.2 Å². The molecule has 170 valence electrons. The zero-order valence-corrected chi connectivity index (χ0v) is 16.9. The number of esters is 1. The van der Waals surface area contributed by atoms with Gasteiger partial charge in [0.2, 0.25) is 0 Å². The Kier molecular flexibility index (Phi) is 7.52. The molecule has 0 bridgehead atoms. The molecule has 0 heterocycles. The van der Waals surface area contributed by atoms with Crippen molar-refractivity contribution in [1.82, 2.24) is 0 Å². The number of benzene rings is 2. The lowest BCUT2D eigenvalue weighted by molar-refractivity contribution is -0.384. The van der Waals surface area contributed by atoms with E-state index in [1.807, 2.05) is 0 Å². The summed E-state index contributed by atoms with van der Waals surface area (Å²) in [5.74, 6) is -1.87. The van der Waals surface area contributed by atoms with Crippen LogP contribution in [0, 0.1) is 10.1 Å². The minimum Gasteiger partial charge on any atom is -0.454 e. The number of rotatable bonds is 8. The van der Waals surface area contributed by atoms with Crippen LogP contribution in [0.1, 0.15) is 29.8 Å². The maximum absolute atomic E-state index is 12.8. The number of hydrogen-bond donors (Lipinski definition) is 2. The molecule has 0 saturated heterocycles. The highest BCUT2D eigenvalue weighted by atomic mass is 19.4. The summed E-state index contributed by atoms with van der Waals surface area (Å²) in [7, 11) is 0. The number of anilines is 2. The minimum absolute atomic E-state index is 0.204. The first-order valence-corrected chi connectivity index (χ1v) is 9.08. The monoisotopic (exact) mass is 453 g/mol. The van der Waals surface area contributed by atoms with E-state index in [-0.39, 0.29) is 11.5 Å². The largest absolute Gasteiger partial charge is 0.454 e. The van der Waals surface area contributed by atoms with Gasteiger partial charge in [0.25, 0.3) is 11.6 Å². The molecule has 2 aromatic carbocycles. The number of ether oxygens (including phenoxy) is 1. The molecule has 0 fully saturated rings. The molecule has 0 aliphatic carbocycles. The first kappa shape index (κ1) is 24.3. The molecule has 32 heavy (non-hydrogen) atoms. The number of carbonyl (C=O) groups excluding carboxylic acids is 3. The number of nitrogens with one attached hydrogen (secondary N) is 2. The maximum atomic E-state index is 12.8. The number of hydrogen-bond acceptors (Lipinski definition) is 7. The molecule has 1 atom stereocenters. The van der Waals surface area contributed by atoms with Gasteiger partial charge in [0.1, 0.15) is 11.7 Å². The zero-order chi connectivity index (χ0) is 24.1. The van der Waals surface area contributed by atoms with E-state index in [0.29, 0.717) is 23.4 Å². The molecule has 12 heteroatoms. The van der Waals surface area contributed by atoms with Gasteiger partial charge in [-0.15, -0.1) is 0 Å². The highest BCUT2D eigenvalue weighted by Gasteiger charge is 2.33. The van der Waals surface area contributed by atoms with E-state index in [9.17, 15) is 37.7 Å². The summed E-state index contributed by atoms with van der Waals surface area (Å²) in [6, 6.07) is 6.70. The fraction of sp³-hybridized carbons (Fsp3) is 0.250. The fourth-order valence-corrected chi connectivity index (χ4v) is 2.55. The first-order chi connectivity index (χ1) is 14.9. The number of amides is 1. The van der Waals surface area contributed by atoms with E-state index in [0.717, 1.165) is 6.07 Å². The second kappa shape index (κ2) is 9.90. The van der Waals surface area contributed by atoms with Gasteiger partial charge in [-0.25, -0.2) is 4.79 Å². The summed E-state index contributed by atoms with van der Waals surface area (Å²) in [6.07, 6.45) is -4.77. The average molecular weight is 453 g/mol. The Morgan fingerprint density at radius 1 is 1.16 bits per heavy atom. The molecule has 0 spiro atoms. The van der Waals surface area contributed by atoms with Crippen LogP contribution in [0.5, 0.6) is 0 Å². The minimum atomic E-state index is -4.77. The van der Waals surface area contributed by atoms with Crippen LogP contribution in [-0.4, -0.2) is 35.2 Å². The SMILES string of the molecule is CC(=O)c1cccc(NC(=O)COC(=O)C(C)Nc2ccc(C(F)(F)F)cc2[N+](=O)[O-])c1. The van der Waals surface area contributed by atoms with E-state index < -0.39 is 46.9 Å². The number of Topliss-reactive ketones (excluding diaryl/α,β-unsaturated/α-hetero) is 1. The molecular weight excluding hydrogens is 435 g/mol. The second-order valence-corrected chi connectivity index (χ2v) is 6.65. The highest BCUT2D eigenvalue weighted by molar-refractivity contribution is 5.97. The Morgan fingerprint density at radius 2 is 1.84 bits per heavy atom. The Labute approximate surface area is 179 Å². The predicted molar refractivity (Wildman–Crippen MR) is 107 cm³/mol. The molecule has 2 rings (SSSR count). The van der Waals surface area contributed by atoms with Crippen molar-refractivity contribution in [2.45, 2.75) is 26.1 Å². The molecule has 0 radical (unpaired) electrons. The van der Waals surface area contributed by atoms with Crippen molar-refractivity contribution in [3.8, 4) is 0 Å². The Balaban J connectivity index is 1.98. The van der Waals surface area contributed by atoms with Gasteiger partial charge in [0.15, 0.2) is 12.4 Å². The normalized spacial score (nSPS) is 11.9. The number of ketones is 1. The first-order valence-electron chi connectivity index (χ1n) is 9.08. The van der Waals surface area contributed by atoms with Gasteiger partial charge in [-0.05, 0) is 38.1 Å². The van der Waals surface area contributed by atoms with Gasteiger partial charge in [-0.2, -0.15) is 13.2 Å². The molecule has 0 aliphatic heterocycles. The molecule has 2 aromatic rings. The van der Waals surface area contributed by atoms with Gasteiger partial charge in [-0.3, -0.25) is 19.7 Å². The summed E-state index contributed by atoms with van der Waals surface area (Å²) in [5.41, 5.74) is -1.72. The molecule has 0 saturated carbocycles. The Hall–Kier alpha value is -3.96. The standard InChI is InChI=1S/C20H18F3N3O6/c1-11(24-16-7-6-14(20(21,22)23)9-17(16)26(30)31)19(29)32-10-18(28)25-15-5-3-4-13(8-15)12(2)27/h3-9,11,24H,10H2,1-2H3,(H,25,28). The Morgan fingerprint density at radius 3 is 2.44 bits per heavy atom. The zero-order valence-electron chi connectivity index (χ0n) is 16.9. The van der Waals surface area contributed by atoms with Gasteiger partial charge >= 0.3 is 12.1 Å². The molecule has 1 amide bonds. The van der Waals surface area contributed by atoms with Crippen LogP contribution in [0.4, 0.5) is 30.2 Å². The molecule has 2 N–H and O–H groups in total. The van der Waals surface area contributed by atoms with E-state index in [2.05, 4.69) is 10.6 Å². The number of carbonyl (C=O) groups is 3. The van der Waals surface area contributed by atoms with Crippen LogP contribution in [0.2, 0.25) is 0 Å². The molecular formula is C20H18F3N3O6. The second-order valence-electron chi connectivity index (χ2n) is 6.65. The molecule has 0 aromatic heterocycles. The van der Waals surface area contributed by atoms with Crippen LogP contribution in [0.25, 0.3) is 0 Å². The quantitative estimate of drug-likeness (QED) is 0.269. The summed E-state index contributed by atoms with van der Waals surface area (Å²) < 4.78 is 43.2. The van der Waals surface area contributed by atoms with Crippen molar-refractivity contribution >= 4 is 34.7 Å². The smallest absolute Gasteiger partial charge is 0.416 e. The number of nitro benzene ring substituents is 1. The highest BCUT2D eigenvalue weighted by Crippen LogP contribution is 2.35. The topological polar surface area (TPSA) is 128 Å². The van der Waals surface area contributed by atoms with Gasteiger partial charge in [0.05, 0.1) is 10.5 Å². The van der Waals surface area contributed by atoms with Crippen molar-refractivity contribution in [1.29, 1.82) is 0 Å². The van der Waals surface area contributed by atoms with Gasteiger partial charge < -0.3 is 15.4 Å². The summed E-state index contributed by atoms with van der Waals surface area (Å²) in [6.45, 7) is 1.93. The van der Waals surface area contributed by atoms with Crippen LogP contribution in [0.3, 0.4) is 0 Å². The predicted octanol–water partition coefficient (Wildman–Crippen LogP) is 3.80. The molecule has 0 aliphatic rings. The van der Waals surface area contributed by atoms with Crippen LogP contribution in [-0.2, 0) is 20.5 Å². The fourth-order valence-electron chi connectivity index (χ4n) is 2.55. The van der Waals surface area contributed by atoms with Crippen LogP contribution >= 0.6 is 0 Å².